The monoisotopic (exact) mass is 534 g/mol. The molecule has 2 fully saturated rings. The van der Waals surface area contributed by atoms with Gasteiger partial charge in [-0.25, -0.2) is 9.18 Å². The van der Waals surface area contributed by atoms with Crippen LogP contribution in [0.4, 0.5) is 9.18 Å². The number of hydrogen-bond acceptors (Lipinski definition) is 6. The maximum Gasteiger partial charge on any atom is 0.409 e. The van der Waals surface area contributed by atoms with Crippen LogP contribution in [-0.4, -0.2) is 77.0 Å². The number of hydrogen-bond donors (Lipinski definition) is 3. The topological polar surface area (TPSA) is 118 Å². The number of aromatic nitrogens is 2. The summed E-state index contributed by atoms with van der Waals surface area (Å²) in [5, 5.41) is 13.7. The van der Waals surface area contributed by atoms with Gasteiger partial charge in [0.25, 0.3) is 0 Å². The van der Waals surface area contributed by atoms with E-state index in [1.807, 2.05) is 0 Å². The van der Waals surface area contributed by atoms with Crippen LogP contribution < -0.4 is 16.0 Å². The Hall–Kier alpha value is -3.18. The predicted octanol–water partition coefficient (Wildman–Crippen LogP) is 2.32. The first kappa shape index (κ1) is 26.9. The lowest BCUT2D eigenvalue weighted by molar-refractivity contribution is -0.135. The van der Waals surface area contributed by atoms with E-state index in [0.29, 0.717) is 69.7 Å². The van der Waals surface area contributed by atoms with Crippen molar-refractivity contribution in [1.29, 1.82) is 0 Å². The number of amides is 3. The Kier molecular flexibility index (Phi) is 8.65. The molecule has 1 aromatic carbocycles. The van der Waals surface area contributed by atoms with E-state index < -0.39 is 11.4 Å². The first-order valence-corrected chi connectivity index (χ1v) is 12.9. The summed E-state index contributed by atoms with van der Waals surface area (Å²) in [6.45, 7) is 4.21. The largest absolute Gasteiger partial charge is 0.450 e. The van der Waals surface area contributed by atoms with Crippen LogP contribution in [0.1, 0.15) is 32.6 Å². The summed E-state index contributed by atoms with van der Waals surface area (Å²) >= 11 is 5.75. The Morgan fingerprint density at radius 3 is 2.62 bits per heavy atom. The van der Waals surface area contributed by atoms with Gasteiger partial charge in [-0.15, -0.1) is 0 Å². The quantitative estimate of drug-likeness (QED) is 0.502. The molecule has 0 atom stereocenters. The molecule has 10 nitrogen and oxygen atoms in total. The first-order valence-electron chi connectivity index (χ1n) is 12.5. The molecule has 3 amide bonds. The highest BCUT2D eigenvalue weighted by Crippen LogP contribution is 2.24. The molecule has 0 unspecified atom stereocenters. The molecule has 3 N–H and O–H groups in total. The van der Waals surface area contributed by atoms with Crippen LogP contribution in [0.25, 0.3) is 11.3 Å². The zero-order chi connectivity index (χ0) is 26.4. The van der Waals surface area contributed by atoms with Crippen LogP contribution in [0.3, 0.4) is 0 Å². The maximum atomic E-state index is 13.8. The number of benzene rings is 1. The summed E-state index contributed by atoms with van der Waals surface area (Å²) in [5.41, 5.74) is 0.0201. The van der Waals surface area contributed by atoms with Gasteiger partial charge < -0.3 is 25.6 Å². The SMILES string of the molecule is CCOC(=O)N1CCC(NC(=O)C2(NC(=O)Cn3ccc(-c4ccc(Cl)c(F)c4)n3)CCNCC2)CC1. The minimum Gasteiger partial charge on any atom is -0.450 e. The average molecular weight is 535 g/mol. The van der Waals surface area contributed by atoms with E-state index in [-0.39, 0.29) is 35.5 Å². The van der Waals surface area contributed by atoms with Crippen molar-refractivity contribution in [3.63, 3.8) is 0 Å². The number of nitrogens with one attached hydrogen (secondary N) is 3. The second-order valence-electron chi connectivity index (χ2n) is 9.34. The third-order valence-corrected chi connectivity index (χ3v) is 7.09. The second kappa shape index (κ2) is 11.9. The fourth-order valence-electron chi connectivity index (χ4n) is 4.72. The molecule has 0 saturated carbocycles. The standard InChI is InChI=1S/C25H32ClFN6O4/c1-2-37-24(36)32-12-5-18(6-13-32)29-23(35)25(8-10-28-11-9-25)30-22(34)16-33-14-7-21(31-33)17-3-4-19(26)20(27)15-17/h3-4,7,14-15,18,28H,2,5-6,8-13,16H2,1H3,(H,29,35)(H,30,34). The van der Waals surface area contributed by atoms with Gasteiger partial charge in [0.2, 0.25) is 11.8 Å². The van der Waals surface area contributed by atoms with Gasteiger partial charge in [-0.3, -0.25) is 14.3 Å². The van der Waals surface area contributed by atoms with Crippen molar-refractivity contribution in [3.8, 4) is 11.3 Å². The van der Waals surface area contributed by atoms with Crippen molar-refractivity contribution in [1.82, 2.24) is 30.6 Å². The third-order valence-electron chi connectivity index (χ3n) is 6.79. The molecule has 37 heavy (non-hydrogen) atoms. The molecule has 200 valence electrons. The number of carbonyl (C=O) groups excluding carboxylic acids is 3. The molecule has 0 bridgehead atoms. The van der Waals surface area contributed by atoms with Gasteiger partial charge in [0.15, 0.2) is 0 Å². The molecule has 12 heteroatoms. The molecular weight excluding hydrogens is 503 g/mol. The first-order chi connectivity index (χ1) is 17.8. The molecule has 4 rings (SSSR count). The van der Waals surface area contributed by atoms with Gasteiger partial charge in [0, 0.05) is 30.9 Å². The van der Waals surface area contributed by atoms with Gasteiger partial charge in [-0.1, -0.05) is 17.7 Å². The summed E-state index contributed by atoms with van der Waals surface area (Å²) in [7, 11) is 0. The van der Waals surface area contributed by atoms with Crippen molar-refractivity contribution < 1.29 is 23.5 Å². The maximum absolute atomic E-state index is 13.8. The molecule has 3 heterocycles. The highest BCUT2D eigenvalue weighted by atomic mass is 35.5. The fraction of sp³-hybridized carbons (Fsp3) is 0.520. The van der Waals surface area contributed by atoms with Crippen LogP contribution >= 0.6 is 11.6 Å². The van der Waals surface area contributed by atoms with Crippen molar-refractivity contribution in [2.24, 2.45) is 0 Å². The van der Waals surface area contributed by atoms with Crippen molar-refractivity contribution in [2.45, 2.75) is 50.7 Å². The summed E-state index contributed by atoms with van der Waals surface area (Å²) in [6, 6.07) is 6.00. The summed E-state index contributed by atoms with van der Waals surface area (Å²) in [5.74, 6) is -1.10. The van der Waals surface area contributed by atoms with E-state index in [1.54, 1.807) is 30.2 Å². The van der Waals surface area contributed by atoms with Crippen molar-refractivity contribution >= 4 is 29.5 Å². The van der Waals surface area contributed by atoms with Crippen molar-refractivity contribution in [2.75, 3.05) is 32.8 Å². The highest BCUT2D eigenvalue weighted by molar-refractivity contribution is 6.30. The molecule has 1 aromatic heterocycles. The smallest absolute Gasteiger partial charge is 0.409 e. The molecule has 2 aliphatic heterocycles. The highest BCUT2D eigenvalue weighted by Gasteiger charge is 2.42. The van der Waals surface area contributed by atoms with Gasteiger partial charge in [-0.2, -0.15) is 5.10 Å². The average Bonchev–Trinajstić information content (AvgIpc) is 3.35. The Labute approximate surface area is 219 Å². The molecule has 2 aromatic rings. The Morgan fingerprint density at radius 2 is 1.95 bits per heavy atom. The van der Waals surface area contributed by atoms with E-state index in [9.17, 15) is 18.8 Å². The predicted molar refractivity (Wildman–Crippen MR) is 135 cm³/mol. The minimum absolute atomic E-state index is 0.0256. The van der Waals surface area contributed by atoms with E-state index in [1.165, 1.54) is 16.8 Å². The van der Waals surface area contributed by atoms with Gasteiger partial charge in [0.05, 0.1) is 17.3 Å². The number of carbonyl (C=O) groups is 3. The van der Waals surface area contributed by atoms with E-state index >= 15 is 0 Å². The summed E-state index contributed by atoms with van der Waals surface area (Å²) < 4.78 is 20.3. The minimum atomic E-state index is -1.03. The van der Waals surface area contributed by atoms with Crippen LogP contribution in [0.2, 0.25) is 5.02 Å². The Bertz CT molecular complexity index is 1130. The zero-order valence-corrected chi connectivity index (χ0v) is 21.5. The van der Waals surface area contributed by atoms with Gasteiger partial charge in [0.1, 0.15) is 17.9 Å². The van der Waals surface area contributed by atoms with E-state index in [2.05, 4.69) is 21.0 Å². The lowest BCUT2D eigenvalue weighted by atomic mass is 9.86. The molecule has 0 spiro atoms. The second-order valence-corrected chi connectivity index (χ2v) is 9.75. The molecular formula is C25H32ClFN6O4. The number of halogens is 2. The third kappa shape index (κ3) is 6.58. The Morgan fingerprint density at radius 1 is 1.22 bits per heavy atom. The van der Waals surface area contributed by atoms with Crippen LogP contribution in [0.5, 0.6) is 0 Å². The van der Waals surface area contributed by atoms with Gasteiger partial charge >= 0.3 is 6.09 Å². The van der Waals surface area contributed by atoms with Gasteiger partial charge in [-0.05, 0) is 63.9 Å². The van der Waals surface area contributed by atoms with E-state index in [0.717, 1.165) is 0 Å². The zero-order valence-electron chi connectivity index (χ0n) is 20.8. The Balaban J connectivity index is 1.36. The van der Waals surface area contributed by atoms with Crippen molar-refractivity contribution in [3.05, 3.63) is 41.3 Å². The number of rotatable bonds is 7. The van der Waals surface area contributed by atoms with Crippen LogP contribution in [0.15, 0.2) is 30.5 Å². The molecule has 2 saturated heterocycles. The number of ether oxygens (including phenoxy) is 1. The summed E-state index contributed by atoms with van der Waals surface area (Å²) in [6.07, 6.45) is 3.45. The molecule has 0 aliphatic carbocycles. The lowest BCUT2D eigenvalue weighted by Gasteiger charge is -2.39. The van der Waals surface area contributed by atoms with E-state index in [4.69, 9.17) is 16.3 Å². The molecule has 0 radical (unpaired) electrons. The molecule has 2 aliphatic rings. The number of piperidine rings is 2. The van der Waals surface area contributed by atoms with Crippen LogP contribution in [0, 0.1) is 5.82 Å². The number of nitrogens with zero attached hydrogens (tertiary/aromatic N) is 3. The normalized spacial score (nSPS) is 17.8. The number of likely N-dealkylation sites (tertiary alicyclic amines) is 1. The van der Waals surface area contributed by atoms with Crippen LogP contribution in [-0.2, 0) is 20.9 Å². The summed E-state index contributed by atoms with van der Waals surface area (Å²) in [4.78, 5) is 40.0. The fourth-order valence-corrected chi connectivity index (χ4v) is 4.84. The lowest BCUT2D eigenvalue weighted by Crippen LogP contribution is -2.64.